The fourth-order valence-electron chi connectivity index (χ4n) is 8.32. The van der Waals surface area contributed by atoms with Crippen LogP contribution in [0.25, 0.3) is 0 Å². The Morgan fingerprint density at radius 2 is 1.62 bits per heavy atom. The van der Waals surface area contributed by atoms with Crippen molar-refractivity contribution in [1.29, 1.82) is 0 Å². The SMILES string of the molecule is COc1ccc(N2C/C=C\CCC(=O)N(C)[C@@H](C)[C@H](c3ccccc3)OC(=O)[C@@H]3[C@H]4C(=O)N([C@@H](CO)Cc5ccccc5)[C@H](C2=O)[C@]42C=C[C@H]3O2)cc1. The largest absolute Gasteiger partial charge is 0.497 e. The van der Waals surface area contributed by atoms with Crippen LogP contribution in [0.3, 0.4) is 0 Å². The van der Waals surface area contributed by atoms with Crippen LogP contribution in [0.2, 0.25) is 0 Å². The first-order valence-electron chi connectivity index (χ1n) is 18.1. The predicted octanol–water partition coefficient (Wildman–Crippen LogP) is 4.26. The van der Waals surface area contributed by atoms with Crippen LogP contribution in [0, 0.1) is 11.8 Å². The summed E-state index contributed by atoms with van der Waals surface area (Å²) >= 11 is 0. The lowest BCUT2D eigenvalue weighted by atomic mass is 9.74. The van der Waals surface area contributed by atoms with E-state index in [0.717, 1.165) is 5.56 Å². The molecule has 53 heavy (non-hydrogen) atoms. The van der Waals surface area contributed by atoms with Gasteiger partial charge in [-0.3, -0.25) is 19.2 Å². The number of fused-ring (bicyclic) bond motifs is 2. The highest BCUT2D eigenvalue weighted by Crippen LogP contribution is 2.56. The number of carbonyl (C=O) groups excluding carboxylic acids is 4. The minimum absolute atomic E-state index is 0.127. The van der Waals surface area contributed by atoms with E-state index >= 15 is 4.79 Å². The summed E-state index contributed by atoms with van der Waals surface area (Å²) in [7, 11) is 3.26. The molecule has 11 heteroatoms. The second-order valence-electron chi connectivity index (χ2n) is 14.1. The van der Waals surface area contributed by atoms with Crippen LogP contribution in [0.15, 0.2) is 109 Å². The molecule has 0 unspecified atom stereocenters. The van der Waals surface area contributed by atoms with Gasteiger partial charge in [0.25, 0.3) is 5.91 Å². The Kier molecular flexibility index (Phi) is 10.2. The number of benzene rings is 3. The minimum atomic E-state index is -1.50. The molecule has 2 fully saturated rings. The number of aliphatic hydroxyl groups is 1. The van der Waals surface area contributed by atoms with Crippen LogP contribution < -0.4 is 9.64 Å². The van der Waals surface area contributed by atoms with E-state index in [4.69, 9.17) is 14.2 Å². The highest BCUT2D eigenvalue weighted by molar-refractivity contribution is 6.05. The van der Waals surface area contributed by atoms with Crippen LogP contribution >= 0.6 is 0 Å². The molecule has 1 N–H and O–H groups in total. The number of nitrogens with zero attached hydrogens (tertiary/aromatic N) is 3. The van der Waals surface area contributed by atoms with E-state index in [-0.39, 0.29) is 25.3 Å². The van der Waals surface area contributed by atoms with Gasteiger partial charge in [-0.15, -0.1) is 0 Å². The van der Waals surface area contributed by atoms with Gasteiger partial charge in [-0.1, -0.05) is 85.0 Å². The zero-order chi connectivity index (χ0) is 37.3. The van der Waals surface area contributed by atoms with Gasteiger partial charge in [0.1, 0.15) is 29.4 Å². The number of esters is 1. The summed E-state index contributed by atoms with van der Waals surface area (Å²) in [6.45, 7) is 1.54. The number of aliphatic hydroxyl groups excluding tert-OH is 1. The van der Waals surface area contributed by atoms with Crippen molar-refractivity contribution in [3.8, 4) is 5.75 Å². The van der Waals surface area contributed by atoms with Crippen molar-refractivity contribution in [2.45, 2.75) is 62.1 Å². The molecule has 0 radical (unpaired) electrons. The van der Waals surface area contributed by atoms with Gasteiger partial charge in [0.15, 0.2) is 0 Å². The summed E-state index contributed by atoms with van der Waals surface area (Å²) in [6, 6.07) is 23.2. The number of likely N-dealkylation sites (tertiary alicyclic amines) is 1. The zero-order valence-electron chi connectivity index (χ0n) is 30.1. The van der Waals surface area contributed by atoms with E-state index in [0.29, 0.717) is 23.4 Å². The van der Waals surface area contributed by atoms with Crippen molar-refractivity contribution in [2.24, 2.45) is 11.8 Å². The average molecular weight is 720 g/mol. The lowest BCUT2D eigenvalue weighted by molar-refractivity contribution is -0.164. The highest BCUT2D eigenvalue weighted by Gasteiger charge is 2.74. The molecule has 276 valence electrons. The van der Waals surface area contributed by atoms with Gasteiger partial charge in [0.2, 0.25) is 11.8 Å². The van der Waals surface area contributed by atoms with Crippen molar-refractivity contribution in [3.63, 3.8) is 0 Å². The van der Waals surface area contributed by atoms with Crippen molar-refractivity contribution < 1.29 is 38.5 Å². The quantitative estimate of drug-likeness (QED) is 0.284. The van der Waals surface area contributed by atoms with Gasteiger partial charge >= 0.3 is 5.97 Å². The van der Waals surface area contributed by atoms with Crippen LogP contribution in [-0.2, 0) is 35.1 Å². The summed E-state index contributed by atoms with van der Waals surface area (Å²) in [4.78, 5) is 62.9. The summed E-state index contributed by atoms with van der Waals surface area (Å²) in [5.74, 6) is -3.25. The van der Waals surface area contributed by atoms with Gasteiger partial charge in [-0.2, -0.15) is 0 Å². The van der Waals surface area contributed by atoms with Crippen LogP contribution in [0.1, 0.15) is 37.0 Å². The molecule has 3 amide bonds. The summed E-state index contributed by atoms with van der Waals surface area (Å²) in [5.41, 5.74) is 0.623. The van der Waals surface area contributed by atoms with Gasteiger partial charge < -0.3 is 34.0 Å². The second-order valence-corrected chi connectivity index (χ2v) is 14.1. The molecule has 11 nitrogen and oxygen atoms in total. The van der Waals surface area contributed by atoms with Gasteiger partial charge in [0, 0.05) is 25.7 Å². The molecule has 4 aliphatic rings. The topological polar surface area (TPSA) is 126 Å². The summed E-state index contributed by atoms with van der Waals surface area (Å²) in [6.07, 6.45) is 6.42. The Hall–Kier alpha value is -5.26. The number of ether oxygens (including phenoxy) is 3. The van der Waals surface area contributed by atoms with Gasteiger partial charge in [-0.25, -0.2) is 0 Å². The fraction of sp³-hybridized carbons (Fsp3) is 0.381. The Labute approximate surface area is 309 Å². The van der Waals surface area contributed by atoms with E-state index in [1.807, 2.05) is 79.7 Å². The number of anilines is 1. The molecular weight excluding hydrogens is 674 g/mol. The van der Waals surface area contributed by atoms with Crippen LogP contribution in [0.5, 0.6) is 5.75 Å². The zero-order valence-corrected chi connectivity index (χ0v) is 30.1. The van der Waals surface area contributed by atoms with E-state index in [2.05, 4.69) is 0 Å². The average Bonchev–Trinajstić information content (AvgIpc) is 3.84. The third-order valence-electron chi connectivity index (χ3n) is 11.2. The Bertz CT molecular complexity index is 1880. The first kappa shape index (κ1) is 36.1. The molecule has 4 aliphatic heterocycles. The van der Waals surface area contributed by atoms with Gasteiger partial charge in [-0.05, 0) is 55.2 Å². The number of allylic oxidation sites excluding steroid dienone is 1. The Balaban J connectivity index is 1.35. The molecule has 4 heterocycles. The third-order valence-corrected chi connectivity index (χ3v) is 11.2. The smallest absolute Gasteiger partial charge is 0.313 e. The van der Waals surface area contributed by atoms with Crippen molar-refractivity contribution in [1.82, 2.24) is 9.80 Å². The fourth-order valence-corrected chi connectivity index (χ4v) is 8.32. The maximum absolute atomic E-state index is 15.3. The number of hydrogen-bond donors (Lipinski definition) is 1. The minimum Gasteiger partial charge on any atom is -0.497 e. The van der Waals surface area contributed by atoms with E-state index in [9.17, 15) is 19.5 Å². The second kappa shape index (κ2) is 15.0. The number of likely N-dealkylation sites (N-methyl/N-ethyl adjacent to an activating group) is 1. The summed E-state index contributed by atoms with van der Waals surface area (Å²) in [5, 5.41) is 10.9. The number of hydrogen-bond acceptors (Lipinski definition) is 8. The van der Waals surface area contributed by atoms with Gasteiger partial charge in [0.05, 0.1) is 37.8 Å². The molecular formula is C42H45N3O8. The number of cyclic esters (lactones) is 1. The molecule has 5 bridgehead atoms. The molecule has 0 aliphatic carbocycles. The first-order valence-corrected chi connectivity index (χ1v) is 18.1. The maximum Gasteiger partial charge on any atom is 0.313 e. The molecule has 7 rings (SSSR count). The Morgan fingerprint density at radius 1 is 0.925 bits per heavy atom. The number of methoxy groups -OCH3 is 1. The Morgan fingerprint density at radius 3 is 2.30 bits per heavy atom. The molecule has 1 spiro atoms. The lowest BCUT2D eigenvalue weighted by Crippen LogP contribution is -2.59. The molecule has 3 aromatic rings. The highest BCUT2D eigenvalue weighted by atomic mass is 16.6. The van der Waals surface area contributed by atoms with Crippen molar-refractivity contribution in [3.05, 3.63) is 120 Å². The maximum atomic E-state index is 15.3. The molecule has 2 saturated heterocycles. The van der Waals surface area contributed by atoms with E-state index in [1.54, 1.807) is 60.4 Å². The predicted molar refractivity (Wildman–Crippen MR) is 197 cm³/mol. The van der Waals surface area contributed by atoms with E-state index in [1.165, 1.54) is 4.90 Å². The monoisotopic (exact) mass is 719 g/mol. The van der Waals surface area contributed by atoms with Crippen LogP contribution in [-0.4, -0.2) is 95.7 Å². The molecule has 0 aromatic heterocycles. The number of amides is 3. The first-order chi connectivity index (χ1) is 25.7. The molecule has 0 saturated carbocycles. The van der Waals surface area contributed by atoms with E-state index < -0.39 is 72.2 Å². The number of carbonyl (C=O) groups is 4. The third kappa shape index (κ3) is 6.53. The molecule has 8 atom stereocenters. The van der Waals surface area contributed by atoms with Crippen molar-refractivity contribution >= 4 is 29.4 Å². The standard InChI is InChI=1S/C42H45N3O8/c1-27-37(29-15-9-5-10-16-29)52-41(50)35-33-22-23-42(53-33)36(35)39(48)45(31(26-46)25-28-13-7-4-8-14-28)38(42)40(49)44(30-18-20-32(51-3)21-19-30)24-12-6-11-17-34(47)43(27)2/h4-10,12-16,18-23,27,31,33,35-38,46H,11,17,24-26H2,1-3H3/b12-6-/t27-,31+,33+,35-,36-,37+,38+,42-/m0/s1. The van der Waals surface area contributed by atoms with Crippen molar-refractivity contribution in [2.75, 3.05) is 32.2 Å². The normalized spacial score (nSPS) is 30.0. The van der Waals surface area contributed by atoms with Crippen LogP contribution in [0.4, 0.5) is 5.69 Å². The summed E-state index contributed by atoms with van der Waals surface area (Å²) < 4.78 is 18.4. The molecule has 3 aromatic carbocycles. The number of rotatable bonds is 7. The lowest BCUT2D eigenvalue weighted by Gasteiger charge is -2.39.